The number of sulfone groups is 1. The first-order chi connectivity index (χ1) is 8.64. The third-order valence-electron chi connectivity index (χ3n) is 3.73. The molecule has 2 aliphatic rings. The zero-order chi connectivity index (χ0) is 12.6. The lowest BCUT2D eigenvalue weighted by atomic mass is 10.2. The summed E-state index contributed by atoms with van der Waals surface area (Å²) in [5, 5.41) is 3.45. The molecule has 1 N–H and O–H groups in total. The Balaban J connectivity index is 1.72. The molecule has 6 heteroatoms. The third-order valence-corrected chi connectivity index (χ3v) is 5.53. The molecule has 5 nitrogen and oxygen atoms in total. The van der Waals surface area contributed by atoms with Crippen molar-refractivity contribution in [2.45, 2.75) is 44.3 Å². The van der Waals surface area contributed by atoms with E-state index >= 15 is 0 Å². The van der Waals surface area contributed by atoms with Crippen LogP contribution in [-0.2, 0) is 16.4 Å². The Hall–Kier alpha value is -0.880. The van der Waals surface area contributed by atoms with Gasteiger partial charge in [-0.3, -0.25) is 0 Å². The summed E-state index contributed by atoms with van der Waals surface area (Å²) >= 11 is 0. The van der Waals surface area contributed by atoms with Crippen LogP contribution in [0.1, 0.15) is 37.4 Å². The molecule has 0 spiro atoms. The fourth-order valence-electron chi connectivity index (χ4n) is 2.55. The molecule has 3 rings (SSSR count). The molecule has 1 saturated carbocycles. The zero-order valence-corrected chi connectivity index (χ0v) is 11.2. The van der Waals surface area contributed by atoms with Gasteiger partial charge in [0.1, 0.15) is 0 Å². The van der Waals surface area contributed by atoms with Gasteiger partial charge in [-0.2, -0.15) is 0 Å². The number of nitrogens with one attached hydrogen (secondary N) is 1. The van der Waals surface area contributed by atoms with E-state index in [4.69, 9.17) is 0 Å². The largest absolute Gasteiger partial charge is 0.329 e. The quantitative estimate of drug-likeness (QED) is 0.881. The molecule has 0 radical (unpaired) electrons. The maximum atomic E-state index is 11.7. The van der Waals surface area contributed by atoms with Gasteiger partial charge in [0.2, 0.25) is 0 Å². The lowest BCUT2D eigenvalue weighted by Gasteiger charge is -2.25. The second-order valence-corrected chi connectivity index (χ2v) is 7.59. The number of imidazole rings is 1. The van der Waals surface area contributed by atoms with Crippen molar-refractivity contribution in [2.75, 3.05) is 11.5 Å². The van der Waals surface area contributed by atoms with Gasteiger partial charge in [0.25, 0.3) is 0 Å². The van der Waals surface area contributed by atoms with Gasteiger partial charge >= 0.3 is 0 Å². The summed E-state index contributed by atoms with van der Waals surface area (Å²) in [6.07, 6.45) is 7.83. The van der Waals surface area contributed by atoms with Crippen LogP contribution in [-0.4, -0.2) is 35.5 Å². The zero-order valence-electron chi connectivity index (χ0n) is 10.4. The smallest absolute Gasteiger partial charge is 0.152 e. The first-order valence-corrected chi connectivity index (χ1v) is 8.41. The third kappa shape index (κ3) is 2.75. The van der Waals surface area contributed by atoms with Crippen LogP contribution in [0.25, 0.3) is 0 Å². The molecule has 1 saturated heterocycles. The van der Waals surface area contributed by atoms with E-state index in [-0.39, 0.29) is 11.8 Å². The van der Waals surface area contributed by atoms with Gasteiger partial charge in [-0.05, 0) is 25.7 Å². The summed E-state index contributed by atoms with van der Waals surface area (Å²) in [6.45, 7) is 0.793. The van der Waals surface area contributed by atoms with Crippen LogP contribution < -0.4 is 5.32 Å². The second-order valence-electron chi connectivity index (χ2n) is 5.36. The molecule has 100 valence electrons. The van der Waals surface area contributed by atoms with Gasteiger partial charge in [-0.1, -0.05) is 0 Å². The molecule has 18 heavy (non-hydrogen) atoms. The van der Waals surface area contributed by atoms with E-state index in [1.54, 1.807) is 6.33 Å². The van der Waals surface area contributed by atoms with E-state index in [2.05, 4.69) is 10.3 Å². The Labute approximate surface area is 108 Å². The monoisotopic (exact) mass is 269 g/mol. The summed E-state index contributed by atoms with van der Waals surface area (Å²) < 4.78 is 25.4. The van der Waals surface area contributed by atoms with E-state index < -0.39 is 9.84 Å². The molecule has 0 aromatic carbocycles. The van der Waals surface area contributed by atoms with Crippen LogP contribution in [0.3, 0.4) is 0 Å². The highest BCUT2D eigenvalue weighted by Crippen LogP contribution is 2.25. The normalized spacial score (nSPS) is 27.2. The van der Waals surface area contributed by atoms with Crippen LogP contribution in [0.2, 0.25) is 0 Å². The highest BCUT2D eigenvalue weighted by atomic mass is 32.2. The first-order valence-electron chi connectivity index (χ1n) is 6.58. The van der Waals surface area contributed by atoms with Crippen molar-refractivity contribution in [1.29, 1.82) is 0 Å². The van der Waals surface area contributed by atoms with Crippen molar-refractivity contribution in [3.8, 4) is 0 Å². The SMILES string of the molecule is O=S1(=O)CCCC(n2cncc2CNC2CC2)C1. The summed E-state index contributed by atoms with van der Waals surface area (Å²) in [6, 6.07) is 0.727. The Kier molecular flexibility index (Phi) is 3.15. The van der Waals surface area contributed by atoms with Crippen LogP contribution in [0.4, 0.5) is 0 Å². The average molecular weight is 269 g/mol. The molecule has 2 heterocycles. The van der Waals surface area contributed by atoms with Gasteiger partial charge < -0.3 is 9.88 Å². The van der Waals surface area contributed by atoms with Crippen molar-refractivity contribution < 1.29 is 8.42 Å². The molecule has 1 atom stereocenters. The van der Waals surface area contributed by atoms with E-state index in [1.807, 2.05) is 10.8 Å². The minimum Gasteiger partial charge on any atom is -0.329 e. The van der Waals surface area contributed by atoms with Gasteiger partial charge in [-0.15, -0.1) is 0 Å². The lowest BCUT2D eigenvalue weighted by molar-refractivity contribution is 0.453. The van der Waals surface area contributed by atoms with E-state index in [1.165, 1.54) is 12.8 Å². The lowest BCUT2D eigenvalue weighted by Crippen LogP contribution is -2.29. The van der Waals surface area contributed by atoms with Crippen molar-refractivity contribution in [2.24, 2.45) is 0 Å². The van der Waals surface area contributed by atoms with Crippen molar-refractivity contribution in [1.82, 2.24) is 14.9 Å². The molecule has 2 fully saturated rings. The molecule has 1 aliphatic heterocycles. The molecular formula is C12H19N3O2S. The summed E-state index contributed by atoms with van der Waals surface area (Å²) in [4.78, 5) is 4.17. The fraction of sp³-hybridized carbons (Fsp3) is 0.750. The number of aromatic nitrogens is 2. The number of hydrogen-bond donors (Lipinski definition) is 1. The van der Waals surface area contributed by atoms with E-state index in [0.29, 0.717) is 11.8 Å². The Morgan fingerprint density at radius 1 is 1.39 bits per heavy atom. The van der Waals surface area contributed by atoms with Gasteiger partial charge in [0.05, 0.1) is 23.5 Å². The molecule has 1 unspecified atom stereocenters. The topological polar surface area (TPSA) is 64.0 Å². The van der Waals surface area contributed by atoms with E-state index in [9.17, 15) is 8.42 Å². The van der Waals surface area contributed by atoms with Crippen molar-refractivity contribution in [3.63, 3.8) is 0 Å². The second kappa shape index (κ2) is 4.66. The van der Waals surface area contributed by atoms with Crippen LogP contribution in [0.5, 0.6) is 0 Å². The predicted octanol–water partition coefficient (Wildman–Crippen LogP) is 0.885. The van der Waals surface area contributed by atoms with Gasteiger partial charge in [0, 0.05) is 24.8 Å². The summed E-state index contributed by atoms with van der Waals surface area (Å²) in [5.74, 6) is 0.605. The maximum absolute atomic E-state index is 11.7. The highest BCUT2D eigenvalue weighted by molar-refractivity contribution is 7.91. The highest BCUT2D eigenvalue weighted by Gasteiger charge is 2.27. The average Bonchev–Trinajstić information content (AvgIpc) is 3.02. The molecular weight excluding hydrogens is 250 g/mol. The minimum atomic E-state index is -2.86. The Morgan fingerprint density at radius 2 is 2.22 bits per heavy atom. The summed E-state index contributed by atoms with van der Waals surface area (Å²) in [7, 11) is -2.86. The molecule has 0 amide bonds. The summed E-state index contributed by atoms with van der Waals surface area (Å²) in [5.41, 5.74) is 1.10. The van der Waals surface area contributed by atoms with Crippen molar-refractivity contribution >= 4 is 9.84 Å². The maximum Gasteiger partial charge on any atom is 0.152 e. The minimum absolute atomic E-state index is 0.0715. The predicted molar refractivity (Wildman–Crippen MR) is 69.0 cm³/mol. The van der Waals surface area contributed by atoms with Crippen LogP contribution in [0.15, 0.2) is 12.5 Å². The van der Waals surface area contributed by atoms with Crippen molar-refractivity contribution in [3.05, 3.63) is 18.2 Å². The van der Waals surface area contributed by atoms with Crippen LogP contribution in [0, 0.1) is 0 Å². The number of rotatable bonds is 4. The van der Waals surface area contributed by atoms with Crippen LogP contribution >= 0.6 is 0 Å². The van der Waals surface area contributed by atoms with Gasteiger partial charge in [-0.25, -0.2) is 13.4 Å². The first kappa shape index (κ1) is 12.2. The number of nitrogens with zero attached hydrogens (tertiary/aromatic N) is 2. The number of hydrogen-bond acceptors (Lipinski definition) is 4. The van der Waals surface area contributed by atoms with Gasteiger partial charge in [0.15, 0.2) is 9.84 Å². The molecule has 1 aromatic rings. The Bertz CT molecular complexity index is 519. The molecule has 1 aromatic heterocycles. The molecule has 0 bridgehead atoms. The molecule has 1 aliphatic carbocycles. The van der Waals surface area contributed by atoms with E-state index in [0.717, 1.165) is 25.1 Å². The Morgan fingerprint density at radius 3 is 2.94 bits per heavy atom. The standard InChI is InChI=1S/C12H19N3O2S/c16-18(17)5-1-2-11(8-18)15-9-13-6-12(15)7-14-10-3-4-10/h6,9-11,14H,1-5,7-8H2. The fourth-order valence-corrected chi connectivity index (χ4v) is 4.24.